The van der Waals surface area contributed by atoms with E-state index in [4.69, 9.17) is 5.26 Å². The lowest BCUT2D eigenvalue weighted by atomic mass is 9.98. The number of rotatable bonds is 2. The van der Waals surface area contributed by atoms with Gasteiger partial charge in [-0.2, -0.15) is 10.4 Å². The van der Waals surface area contributed by atoms with Crippen LogP contribution in [0.1, 0.15) is 17.2 Å². The molecular weight excluding hydrogens is 206 g/mol. The van der Waals surface area contributed by atoms with Crippen LogP contribution in [-0.4, -0.2) is 26.5 Å². The molecule has 0 radical (unpaired) electrons. The monoisotopic (exact) mass is 217 g/mol. The SMILES string of the molecule is Cc1cc2[nH]ncc2cc1C(O)C(O)C#N. The number of aliphatic hydroxyl groups excluding tert-OH is 2. The van der Waals surface area contributed by atoms with Gasteiger partial charge in [-0.25, -0.2) is 0 Å². The topological polar surface area (TPSA) is 92.9 Å². The van der Waals surface area contributed by atoms with Gasteiger partial charge in [0.15, 0.2) is 6.10 Å². The van der Waals surface area contributed by atoms with Gasteiger partial charge in [0.25, 0.3) is 0 Å². The highest BCUT2D eigenvalue weighted by atomic mass is 16.3. The maximum Gasteiger partial charge on any atom is 0.170 e. The Labute approximate surface area is 92.0 Å². The Morgan fingerprint density at radius 1 is 1.44 bits per heavy atom. The maximum atomic E-state index is 9.76. The van der Waals surface area contributed by atoms with Crippen LogP contribution in [0.4, 0.5) is 0 Å². The zero-order valence-corrected chi connectivity index (χ0v) is 8.68. The van der Waals surface area contributed by atoms with Crippen LogP contribution in [0.25, 0.3) is 10.9 Å². The van der Waals surface area contributed by atoms with E-state index in [1.165, 1.54) is 0 Å². The Kier molecular flexibility index (Phi) is 2.60. The number of nitrogens with one attached hydrogen (secondary N) is 1. The fourth-order valence-electron chi connectivity index (χ4n) is 1.68. The van der Waals surface area contributed by atoms with Crippen LogP contribution in [-0.2, 0) is 0 Å². The molecule has 2 atom stereocenters. The largest absolute Gasteiger partial charge is 0.385 e. The highest BCUT2D eigenvalue weighted by Gasteiger charge is 2.20. The summed E-state index contributed by atoms with van der Waals surface area (Å²) in [5.74, 6) is 0. The Morgan fingerprint density at radius 3 is 2.88 bits per heavy atom. The molecule has 0 saturated heterocycles. The highest BCUT2D eigenvalue weighted by Crippen LogP contribution is 2.25. The molecule has 16 heavy (non-hydrogen) atoms. The van der Waals surface area contributed by atoms with Crippen molar-refractivity contribution in [2.75, 3.05) is 0 Å². The van der Waals surface area contributed by atoms with Crippen molar-refractivity contribution in [1.29, 1.82) is 5.26 Å². The first kappa shape index (κ1) is 10.6. The molecule has 0 saturated carbocycles. The number of fused-ring (bicyclic) bond motifs is 1. The van der Waals surface area contributed by atoms with E-state index in [1.807, 2.05) is 13.0 Å². The molecule has 82 valence electrons. The number of nitriles is 1. The number of aryl methyl sites for hydroxylation is 1. The minimum Gasteiger partial charge on any atom is -0.385 e. The first-order chi connectivity index (χ1) is 7.63. The summed E-state index contributed by atoms with van der Waals surface area (Å²) in [5.41, 5.74) is 2.21. The molecule has 2 aromatic rings. The van der Waals surface area contributed by atoms with Gasteiger partial charge in [0.05, 0.1) is 17.8 Å². The quantitative estimate of drug-likeness (QED) is 0.648. The number of aromatic amines is 1. The Hall–Kier alpha value is -1.90. The van der Waals surface area contributed by atoms with Crippen molar-refractivity contribution in [3.05, 3.63) is 29.5 Å². The van der Waals surface area contributed by atoms with Crippen LogP contribution in [0, 0.1) is 18.3 Å². The lowest BCUT2D eigenvalue weighted by molar-refractivity contribution is 0.0524. The van der Waals surface area contributed by atoms with E-state index < -0.39 is 12.2 Å². The number of H-pyrrole nitrogens is 1. The summed E-state index contributed by atoms with van der Waals surface area (Å²) in [7, 11) is 0. The molecule has 0 aliphatic heterocycles. The van der Waals surface area contributed by atoms with Crippen LogP contribution >= 0.6 is 0 Å². The van der Waals surface area contributed by atoms with Crippen LogP contribution < -0.4 is 0 Å². The van der Waals surface area contributed by atoms with Crippen molar-refractivity contribution < 1.29 is 10.2 Å². The van der Waals surface area contributed by atoms with Crippen LogP contribution in [0.15, 0.2) is 18.3 Å². The van der Waals surface area contributed by atoms with E-state index >= 15 is 0 Å². The van der Waals surface area contributed by atoms with E-state index in [2.05, 4.69) is 10.2 Å². The summed E-state index contributed by atoms with van der Waals surface area (Å²) >= 11 is 0. The Morgan fingerprint density at radius 2 is 2.19 bits per heavy atom. The molecule has 2 rings (SSSR count). The fraction of sp³-hybridized carbons (Fsp3) is 0.273. The zero-order valence-electron chi connectivity index (χ0n) is 8.68. The summed E-state index contributed by atoms with van der Waals surface area (Å²) in [6.07, 6.45) is -0.976. The number of benzene rings is 1. The second kappa shape index (κ2) is 3.93. The molecule has 0 bridgehead atoms. The van der Waals surface area contributed by atoms with Crippen molar-refractivity contribution in [2.24, 2.45) is 0 Å². The molecule has 0 spiro atoms. The molecule has 0 aliphatic rings. The van der Waals surface area contributed by atoms with Crippen LogP contribution in [0.2, 0.25) is 0 Å². The van der Waals surface area contributed by atoms with E-state index in [1.54, 1.807) is 18.3 Å². The van der Waals surface area contributed by atoms with E-state index in [0.717, 1.165) is 16.5 Å². The number of aromatic nitrogens is 2. The van der Waals surface area contributed by atoms with Gasteiger partial charge in [-0.3, -0.25) is 5.10 Å². The Bertz CT molecular complexity index is 556. The minimum absolute atomic E-state index is 0.544. The molecule has 5 heteroatoms. The molecule has 3 N–H and O–H groups in total. The fourth-order valence-corrected chi connectivity index (χ4v) is 1.68. The molecule has 0 aliphatic carbocycles. The lowest BCUT2D eigenvalue weighted by Crippen LogP contribution is -2.16. The summed E-state index contributed by atoms with van der Waals surface area (Å²) < 4.78 is 0. The predicted molar refractivity (Wildman–Crippen MR) is 57.4 cm³/mol. The molecule has 5 nitrogen and oxygen atoms in total. The number of aliphatic hydroxyl groups is 2. The first-order valence-corrected chi connectivity index (χ1v) is 4.83. The van der Waals surface area contributed by atoms with Gasteiger partial charge in [-0.15, -0.1) is 0 Å². The van der Waals surface area contributed by atoms with Crippen molar-refractivity contribution in [1.82, 2.24) is 10.2 Å². The Balaban J connectivity index is 2.51. The average molecular weight is 217 g/mol. The zero-order chi connectivity index (χ0) is 11.7. The van der Waals surface area contributed by atoms with E-state index in [-0.39, 0.29) is 0 Å². The van der Waals surface area contributed by atoms with Gasteiger partial charge in [-0.05, 0) is 30.2 Å². The molecule has 2 unspecified atom stereocenters. The van der Waals surface area contributed by atoms with Gasteiger partial charge in [-0.1, -0.05) is 0 Å². The third kappa shape index (κ3) is 1.65. The molecular formula is C11H11N3O2. The number of nitrogens with zero attached hydrogens (tertiary/aromatic N) is 2. The molecule has 0 fully saturated rings. The van der Waals surface area contributed by atoms with Crippen molar-refractivity contribution >= 4 is 10.9 Å². The third-order valence-electron chi connectivity index (χ3n) is 2.58. The minimum atomic E-state index is -1.41. The third-order valence-corrected chi connectivity index (χ3v) is 2.58. The average Bonchev–Trinajstić information content (AvgIpc) is 2.72. The van der Waals surface area contributed by atoms with Gasteiger partial charge >= 0.3 is 0 Å². The van der Waals surface area contributed by atoms with E-state index in [9.17, 15) is 10.2 Å². The van der Waals surface area contributed by atoms with E-state index in [0.29, 0.717) is 5.56 Å². The molecule has 1 aromatic heterocycles. The first-order valence-electron chi connectivity index (χ1n) is 4.83. The number of hydrogen-bond acceptors (Lipinski definition) is 4. The number of hydrogen-bond donors (Lipinski definition) is 3. The second-order valence-electron chi connectivity index (χ2n) is 3.68. The lowest BCUT2D eigenvalue weighted by Gasteiger charge is -2.14. The van der Waals surface area contributed by atoms with Crippen LogP contribution in [0.3, 0.4) is 0 Å². The summed E-state index contributed by atoms with van der Waals surface area (Å²) in [6, 6.07) is 5.16. The summed E-state index contributed by atoms with van der Waals surface area (Å²) in [5, 5.41) is 35.1. The second-order valence-corrected chi connectivity index (χ2v) is 3.68. The maximum absolute atomic E-state index is 9.76. The summed E-state index contributed by atoms with van der Waals surface area (Å²) in [4.78, 5) is 0. The smallest absolute Gasteiger partial charge is 0.170 e. The van der Waals surface area contributed by atoms with Gasteiger partial charge in [0.1, 0.15) is 6.10 Å². The standard InChI is InChI=1S/C11H11N3O2/c1-6-2-9-7(5-13-14-9)3-8(6)11(16)10(15)4-12/h2-3,5,10-11,15-16H,1H3,(H,13,14). The van der Waals surface area contributed by atoms with Crippen molar-refractivity contribution in [3.63, 3.8) is 0 Å². The molecule has 1 heterocycles. The van der Waals surface area contributed by atoms with Crippen molar-refractivity contribution in [2.45, 2.75) is 19.1 Å². The summed E-state index contributed by atoms with van der Waals surface area (Å²) in [6.45, 7) is 1.81. The normalized spacial score (nSPS) is 14.6. The van der Waals surface area contributed by atoms with Gasteiger partial charge in [0.2, 0.25) is 0 Å². The van der Waals surface area contributed by atoms with Gasteiger partial charge in [0, 0.05) is 5.39 Å². The van der Waals surface area contributed by atoms with Crippen molar-refractivity contribution in [3.8, 4) is 6.07 Å². The molecule has 1 aromatic carbocycles. The van der Waals surface area contributed by atoms with Gasteiger partial charge < -0.3 is 10.2 Å². The molecule has 0 amide bonds. The van der Waals surface area contributed by atoms with Crippen LogP contribution in [0.5, 0.6) is 0 Å². The highest BCUT2D eigenvalue weighted by molar-refractivity contribution is 5.79. The predicted octanol–water partition coefficient (Wildman–Crippen LogP) is 0.789.